The molecule has 0 aliphatic carbocycles. The van der Waals surface area contributed by atoms with Crippen LogP contribution in [-0.4, -0.2) is 24.0 Å². The summed E-state index contributed by atoms with van der Waals surface area (Å²) in [6.45, 7) is 10.2. The molecule has 120 valence electrons. The highest BCUT2D eigenvalue weighted by molar-refractivity contribution is 7.13. The summed E-state index contributed by atoms with van der Waals surface area (Å²) in [5, 5.41) is 13.3. The summed E-state index contributed by atoms with van der Waals surface area (Å²) < 4.78 is 0. The monoisotopic (exact) mass is 328 g/mol. The van der Waals surface area contributed by atoms with Gasteiger partial charge in [0.05, 0.1) is 18.8 Å². The molecule has 0 spiro atoms. The Hall–Kier alpha value is -2.24. The van der Waals surface area contributed by atoms with Gasteiger partial charge in [0.15, 0.2) is 0 Å². The van der Waals surface area contributed by atoms with Crippen LogP contribution in [0.25, 0.3) is 10.6 Å². The maximum Gasteiger partial charge on any atom is 0.124 e. The Balaban J connectivity index is 2.25. The van der Waals surface area contributed by atoms with E-state index in [-0.39, 0.29) is 6.42 Å². The number of rotatable bonds is 9. The Bertz CT molecular complexity index is 684. The van der Waals surface area contributed by atoms with Gasteiger partial charge in [0.1, 0.15) is 11.6 Å². The lowest BCUT2D eigenvalue weighted by Crippen LogP contribution is -3.10. The number of quaternary nitrogens is 1. The Morgan fingerprint density at radius 2 is 1.96 bits per heavy atom. The number of benzene rings is 1. The van der Waals surface area contributed by atoms with Gasteiger partial charge in [0, 0.05) is 28.9 Å². The molecule has 0 radical (unpaired) electrons. The molecule has 23 heavy (non-hydrogen) atoms. The number of carboxylic acid groups (broad SMARTS) is 1. The van der Waals surface area contributed by atoms with Gasteiger partial charge in [0.2, 0.25) is 0 Å². The number of carbonyl (C=O) groups is 1. The van der Waals surface area contributed by atoms with Gasteiger partial charge in [-0.15, -0.1) is 11.3 Å². The van der Waals surface area contributed by atoms with Crippen LogP contribution in [0.4, 0.5) is 0 Å². The third-order valence-electron chi connectivity index (χ3n) is 3.43. The van der Waals surface area contributed by atoms with Crippen LogP contribution in [0, 0.1) is 0 Å². The number of aromatic nitrogens is 1. The van der Waals surface area contributed by atoms with Gasteiger partial charge in [-0.3, -0.25) is 0 Å². The molecule has 1 aromatic heterocycles. The highest BCUT2D eigenvalue weighted by Gasteiger charge is 2.13. The van der Waals surface area contributed by atoms with E-state index in [0.29, 0.717) is 5.69 Å². The molecule has 1 heterocycles. The summed E-state index contributed by atoms with van der Waals surface area (Å²) in [5.74, 6) is -1.11. The number of nitrogens with one attached hydrogen (secondary N) is 1. The quantitative estimate of drug-likeness (QED) is 0.695. The van der Waals surface area contributed by atoms with Crippen LogP contribution in [0.2, 0.25) is 0 Å². The van der Waals surface area contributed by atoms with Crippen molar-refractivity contribution in [2.75, 3.05) is 13.1 Å². The van der Waals surface area contributed by atoms with E-state index in [1.807, 2.05) is 30.4 Å². The van der Waals surface area contributed by atoms with Gasteiger partial charge in [-0.2, -0.15) is 0 Å². The summed E-state index contributed by atoms with van der Waals surface area (Å²) in [6.07, 6.45) is 3.66. The van der Waals surface area contributed by atoms with Gasteiger partial charge < -0.3 is 14.8 Å². The second kappa shape index (κ2) is 8.41. The molecule has 4 nitrogen and oxygen atoms in total. The zero-order valence-corrected chi connectivity index (χ0v) is 13.8. The second-order valence-electron chi connectivity index (χ2n) is 5.26. The molecule has 2 aromatic rings. The molecule has 0 saturated heterocycles. The fourth-order valence-electron chi connectivity index (χ4n) is 2.45. The molecule has 5 heteroatoms. The minimum Gasteiger partial charge on any atom is -0.550 e. The highest BCUT2D eigenvalue weighted by atomic mass is 32.1. The standard InChI is InChI=1S/C18H20N2O2S/c1-3-9-20(10-4-2)12-14-7-5-6-8-16(14)18-19-15(13-23-18)11-17(21)22/h3-8,13H,1-2,9-12H2,(H,21,22). The first-order valence-electron chi connectivity index (χ1n) is 7.42. The molecule has 2 rings (SSSR count). The number of hydrogen-bond donors (Lipinski definition) is 1. The van der Waals surface area contributed by atoms with Crippen LogP contribution in [0.1, 0.15) is 11.3 Å². The summed E-state index contributed by atoms with van der Waals surface area (Å²) in [7, 11) is 0. The second-order valence-corrected chi connectivity index (χ2v) is 6.12. The average molecular weight is 328 g/mol. The molecule has 0 saturated carbocycles. The Labute approximate surface area is 140 Å². The third-order valence-corrected chi connectivity index (χ3v) is 4.36. The van der Waals surface area contributed by atoms with Crippen molar-refractivity contribution in [2.45, 2.75) is 13.0 Å². The van der Waals surface area contributed by atoms with Crippen molar-refractivity contribution < 1.29 is 14.8 Å². The fraction of sp³-hybridized carbons (Fsp3) is 0.222. The smallest absolute Gasteiger partial charge is 0.124 e. The molecule has 0 unspecified atom stereocenters. The Kier molecular flexibility index (Phi) is 6.26. The number of nitrogens with zero attached hydrogens (tertiary/aromatic N) is 1. The van der Waals surface area contributed by atoms with Crippen LogP contribution in [0.5, 0.6) is 0 Å². The number of thiazole rings is 1. The molecular formula is C18H20N2O2S. The molecule has 0 aliphatic rings. The van der Waals surface area contributed by atoms with Crippen LogP contribution in [-0.2, 0) is 17.8 Å². The van der Waals surface area contributed by atoms with Crippen LogP contribution in [0.3, 0.4) is 0 Å². The average Bonchev–Trinajstić information content (AvgIpc) is 2.96. The van der Waals surface area contributed by atoms with Crippen molar-refractivity contribution in [3.05, 3.63) is 66.2 Å². The predicted molar refractivity (Wildman–Crippen MR) is 91.1 cm³/mol. The van der Waals surface area contributed by atoms with Crippen LogP contribution >= 0.6 is 11.3 Å². The maximum atomic E-state index is 10.7. The van der Waals surface area contributed by atoms with Crippen molar-refractivity contribution in [2.24, 2.45) is 0 Å². The van der Waals surface area contributed by atoms with Crippen molar-refractivity contribution in [3.63, 3.8) is 0 Å². The van der Waals surface area contributed by atoms with Crippen molar-refractivity contribution in [1.29, 1.82) is 0 Å². The first-order valence-corrected chi connectivity index (χ1v) is 8.30. The molecule has 1 N–H and O–H groups in total. The number of carbonyl (C=O) groups excluding carboxylic acids is 1. The van der Waals surface area contributed by atoms with Gasteiger partial charge in [0.25, 0.3) is 0 Å². The van der Waals surface area contributed by atoms with Crippen LogP contribution < -0.4 is 10.0 Å². The maximum absolute atomic E-state index is 10.7. The Morgan fingerprint density at radius 3 is 2.61 bits per heavy atom. The van der Waals surface area contributed by atoms with E-state index in [0.717, 1.165) is 30.2 Å². The number of hydrogen-bond acceptors (Lipinski definition) is 4. The SMILES string of the molecule is C=CC[NH+](CC=C)Cc1ccccc1-c1nc(CC(=O)[O-])cs1. The van der Waals surface area contributed by atoms with E-state index in [4.69, 9.17) is 0 Å². The van der Waals surface area contributed by atoms with Gasteiger partial charge in [-0.1, -0.05) is 37.4 Å². The predicted octanol–water partition coefficient (Wildman–Crippen LogP) is 0.859. The van der Waals surface area contributed by atoms with E-state index in [1.165, 1.54) is 21.8 Å². The van der Waals surface area contributed by atoms with E-state index >= 15 is 0 Å². The summed E-state index contributed by atoms with van der Waals surface area (Å²) in [5.41, 5.74) is 2.77. The molecular weight excluding hydrogens is 308 g/mol. The first-order chi connectivity index (χ1) is 11.1. The molecule has 0 aliphatic heterocycles. The first kappa shape index (κ1) is 17.1. The normalized spacial score (nSPS) is 10.7. The largest absolute Gasteiger partial charge is 0.550 e. The summed E-state index contributed by atoms with van der Waals surface area (Å²) in [6, 6.07) is 8.09. The highest BCUT2D eigenvalue weighted by Crippen LogP contribution is 2.27. The van der Waals surface area contributed by atoms with Gasteiger partial charge in [-0.25, -0.2) is 4.98 Å². The van der Waals surface area contributed by atoms with Crippen LogP contribution in [0.15, 0.2) is 55.0 Å². The zero-order valence-electron chi connectivity index (χ0n) is 13.0. The lowest BCUT2D eigenvalue weighted by molar-refractivity contribution is -0.902. The molecule has 0 fully saturated rings. The van der Waals surface area contributed by atoms with Gasteiger partial charge >= 0.3 is 0 Å². The minimum absolute atomic E-state index is 0.150. The fourth-order valence-corrected chi connectivity index (χ4v) is 3.33. The molecule has 1 aromatic carbocycles. The minimum atomic E-state index is -1.11. The zero-order chi connectivity index (χ0) is 16.7. The lowest BCUT2D eigenvalue weighted by atomic mass is 10.1. The van der Waals surface area contributed by atoms with E-state index in [9.17, 15) is 9.90 Å². The Morgan fingerprint density at radius 1 is 1.26 bits per heavy atom. The topological polar surface area (TPSA) is 57.5 Å². The van der Waals surface area contributed by atoms with Crippen molar-refractivity contribution in [3.8, 4) is 10.6 Å². The van der Waals surface area contributed by atoms with Crippen molar-refractivity contribution in [1.82, 2.24) is 4.98 Å². The molecule has 0 amide bonds. The van der Waals surface area contributed by atoms with E-state index < -0.39 is 5.97 Å². The lowest BCUT2D eigenvalue weighted by Gasteiger charge is -2.17. The molecule has 0 bridgehead atoms. The van der Waals surface area contributed by atoms with Crippen molar-refractivity contribution >= 4 is 17.3 Å². The molecule has 0 atom stereocenters. The third kappa shape index (κ3) is 4.87. The summed E-state index contributed by atoms with van der Waals surface area (Å²) >= 11 is 1.46. The number of aliphatic carboxylic acids is 1. The van der Waals surface area contributed by atoms with E-state index in [1.54, 1.807) is 5.38 Å². The summed E-state index contributed by atoms with van der Waals surface area (Å²) in [4.78, 5) is 16.5. The number of carboxylic acids is 1. The van der Waals surface area contributed by atoms with E-state index in [2.05, 4.69) is 24.2 Å². The van der Waals surface area contributed by atoms with Gasteiger partial charge in [-0.05, 0) is 12.2 Å².